The standard InChI is InChI=1S/C15H22N2O3/c1-11-12(6-5-8-16-11)19-10-15(7-9-17-15)13(18)20-14(2,3)4/h5-6,8,17H,7,9-10H2,1-4H3/t15-/m0/s1. The van der Waals surface area contributed by atoms with Crippen molar-refractivity contribution in [1.82, 2.24) is 10.3 Å². The van der Waals surface area contributed by atoms with E-state index in [1.54, 1.807) is 6.20 Å². The van der Waals surface area contributed by atoms with E-state index >= 15 is 0 Å². The lowest BCUT2D eigenvalue weighted by Crippen LogP contribution is -2.66. The van der Waals surface area contributed by atoms with Gasteiger partial charge in [-0.3, -0.25) is 10.3 Å². The summed E-state index contributed by atoms with van der Waals surface area (Å²) in [6.45, 7) is 8.53. The van der Waals surface area contributed by atoms with Crippen LogP contribution in [0.5, 0.6) is 5.75 Å². The molecule has 1 aliphatic heterocycles. The van der Waals surface area contributed by atoms with Crippen LogP contribution in [0.15, 0.2) is 18.3 Å². The van der Waals surface area contributed by atoms with Gasteiger partial charge in [-0.25, -0.2) is 4.79 Å². The topological polar surface area (TPSA) is 60.5 Å². The van der Waals surface area contributed by atoms with Gasteiger partial charge in [0.2, 0.25) is 0 Å². The minimum Gasteiger partial charge on any atom is -0.489 e. The maximum Gasteiger partial charge on any atom is 0.330 e. The number of ether oxygens (including phenoxy) is 2. The van der Waals surface area contributed by atoms with Crippen LogP contribution in [-0.4, -0.2) is 35.2 Å². The number of nitrogens with one attached hydrogen (secondary N) is 1. The summed E-state index contributed by atoms with van der Waals surface area (Å²) in [6, 6.07) is 3.67. The van der Waals surface area contributed by atoms with Gasteiger partial charge in [-0.2, -0.15) is 0 Å². The van der Waals surface area contributed by atoms with Crippen molar-refractivity contribution in [3.8, 4) is 5.75 Å². The molecule has 0 radical (unpaired) electrons. The number of carbonyl (C=O) groups excluding carboxylic acids is 1. The van der Waals surface area contributed by atoms with Gasteiger partial charge in [-0.05, 0) is 52.8 Å². The van der Waals surface area contributed by atoms with Gasteiger partial charge in [0.1, 0.15) is 18.0 Å². The lowest BCUT2D eigenvalue weighted by Gasteiger charge is -2.41. The Morgan fingerprint density at radius 1 is 1.50 bits per heavy atom. The predicted octanol–water partition coefficient (Wildman–Crippen LogP) is 1.84. The van der Waals surface area contributed by atoms with E-state index in [0.717, 1.165) is 18.7 Å². The molecular formula is C15H22N2O3. The van der Waals surface area contributed by atoms with Crippen LogP contribution in [0.1, 0.15) is 32.9 Å². The Bertz CT molecular complexity index is 490. The van der Waals surface area contributed by atoms with Gasteiger partial charge in [0.25, 0.3) is 0 Å². The van der Waals surface area contributed by atoms with Gasteiger partial charge < -0.3 is 9.47 Å². The summed E-state index contributed by atoms with van der Waals surface area (Å²) in [5.74, 6) is 0.446. The largest absolute Gasteiger partial charge is 0.489 e. The van der Waals surface area contributed by atoms with Crippen LogP contribution in [0.4, 0.5) is 0 Å². The molecule has 0 spiro atoms. The molecule has 0 aliphatic carbocycles. The van der Waals surface area contributed by atoms with Crippen molar-refractivity contribution in [3.63, 3.8) is 0 Å². The van der Waals surface area contributed by atoms with Crippen LogP contribution in [-0.2, 0) is 9.53 Å². The van der Waals surface area contributed by atoms with Crippen molar-refractivity contribution in [3.05, 3.63) is 24.0 Å². The Balaban J connectivity index is 2.02. The first kappa shape index (κ1) is 14.8. The van der Waals surface area contributed by atoms with E-state index < -0.39 is 11.1 Å². The molecule has 2 rings (SSSR count). The van der Waals surface area contributed by atoms with Gasteiger partial charge >= 0.3 is 5.97 Å². The molecule has 1 aliphatic rings. The molecular weight excluding hydrogens is 256 g/mol. The van der Waals surface area contributed by atoms with E-state index in [1.165, 1.54) is 0 Å². The minimum absolute atomic E-state index is 0.252. The Morgan fingerprint density at radius 3 is 2.70 bits per heavy atom. The fraction of sp³-hybridized carbons (Fsp3) is 0.600. The second-order valence-electron chi connectivity index (χ2n) is 6.14. The summed E-state index contributed by atoms with van der Waals surface area (Å²) in [6.07, 6.45) is 2.44. The molecule has 0 unspecified atom stereocenters. The van der Waals surface area contributed by atoms with Crippen LogP contribution in [0.3, 0.4) is 0 Å². The Labute approximate surface area is 119 Å². The number of esters is 1. The zero-order valence-corrected chi connectivity index (χ0v) is 12.5. The smallest absolute Gasteiger partial charge is 0.330 e. The molecule has 1 aromatic rings. The number of pyridine rings is 1. The predicted molar refractivity (Wildman–Crippen MR) is 75.7 cm³/mol. The summed E-state index contributed by atoms with van der Waals surface area (Å²) in [5, 5.41) is 3.15. The number of hydrogen-bond donors (Lipinski definition) is 1. The van der Waals surface area contributed by atoms with E-state index in [4.69, 9.17) is 9.47 Å². The molecule has 1 N–H and O–H groups in total. The third-order valence-corrected chi connectivity index (χ3v) is 3.24. The van der Waals surface area contributed by atoms with Crippen LogP contribution < -0.4 is 10.1 Å². The molecule has 1 aromatic heterocycles. The average Bonchev–Trinajstić information content (AvgIpc) is 2.27. The van der Waals surface area contributed by atoms with Crippen molar-refractivity contribution in [1.29, 1.82) is 0 Å². The second kappa shape index (κ2) is 5.40. The monoisotopic (exact) mass is 278 g/mol. The number of rotatable bonds is 4. The number of aromatic nitrogens is 1. The van der Waals surface area contributed by atoms with Gasteiger partial charge in [0, 0.05) is 6.20 Å². The van der Waals surface area contributed by atoms with Gasteiger partial charge in [0.15, 0.2) is 5.54 Å². The first-order valence-electron chi connectivity index (χ1n) is 6.85. The van der Waals surface area contributed by atoms with E-state index in [9.17, 15) is 4.79 Å². The molecule has 1 saturated heterocycles. The highest BCUT2D eigenvalue weighted by Gasteiger charge is 2.47. The van der Waals surface area contributed by atoms with E-state index in [1.807, 2.05) is 39.8 Å². The molecule has 0 amide bonds. The van der Waals surface area contributed by atoms with Crippen LogP contribution in [0, 0.1) is 6.92 Å². The highest BCUT2D eigenvalue weighted by atomic mass is 16.6. The summed E-state index contributed by atoms with van der Waals surface area (Å²) in [7, 11) is 0. The second-order valence-corrected chi connectivity index (χ2v) is 6.14. The summed E-state index contributed by atoms with van der Waals surface area (Å²) in [4.78, 5) is 16.5. The zero-order valence-electron chi connectivity index (χ0n) is 12.5. The summed E-state index contributed by atoms with van der Waals surface area (Å²) >= 11 is 0. The van der Waals surface area contributed by atoms with Crippen molar-refractivity contribution in [2.45, 2.75) is 45.3 Å². The Kier molecular flexibility index (Phi) is 3.99. The average molecular weight is 278 g/mol. The third kappa shape index (κ3) is 3.28. The molecule has 1 fully saturated rings. The third-order valence-electron chi connectivity index (χ3n) is 3.24. The van der Waals surface area contributed by atoms with Crippen molar-refractivity contribution >= 4 is 5.97 Å². The summed E-state index contributed by atoms with van der Waals surface area (Å²) < 4.78 is 11.2. The van der Waals surface area contributed by atoms with E-state index in [-0.39, 0.29) is 12.6 Å². The molecule has 20 heavy (non-hydrogen) atoms. The minimum atomic E-state index is -0.727. The van der Waals surface area contributed by atoms with Crippen molar-refractivity contribution < 1.29 is 14.3 Å². The summed E-state index contributed by atoms with van der Waals surface area (Å²) in [5.41, 5.74) is -0.410. The Hall–Kier alpha value is -1.62. The Morgan fingerprint density at radius 2 is 2.20 bits per heavy atom. The van der Waals surface area contributed by atoms with Crippen LogP contribution in [0.25, 0.3) is 0 Å². The molecule has 1 atom stereocenters. The SMILES string of the molecule is Cc1ncccc1OC[C@]1(C(=O)OC(C)(C)C)CCN1. The quantitative estimate of drug-likeness (QED) is 0.852. The highest BCUT2D eigenvalue weighted by Crippen LogP contribution is 2.25. The van der Waals surface area contributed by atoms with Crippen molar-refractivity contribution in [2.75, 3.05) is 13.2 Å². The lowest BCUT2D eigenvalue weighted by atomic mass is 9.88. The number of aryl methyl sites for hydroxylation is 1. The first-order chi connectivity index (χ1) is 9.32. The van der Waals surface area contributed by atoms with Gasteiger partial charge in [0.05, 0.1) is 5.69 Å². The fourth-order valence-electron chi connectivity index (χ4n) is 1.98. The molecule has 5 nitrogen and oxygen atoms in total. The molecule has 5 heteroatoms. The highest BCUT2D eigenvalue weighted by molar-refractivity contribution is 5.82. The van der Waals surface area contributed by atoms with Crippen LogP contribution >= 0.6 is 0 Å². The van der Waals surface area contributed by atoms with Gasteiger partial charge in [-0.15, -0.1) is 0 Å². The maximum absolute atomic E-state index is 12.3. The lowest BCUT2D eigenvalue weighted by molar-refractivity contribution is -0.168. The number of nitrogens with zero attached hydrogens (tertiary/aromatic N) is 1. The molecule has 110 valence electrons. The molecule has 2 heterocycles. The fourth-order valence-corrected chi connectivity index (χ4v) is 1.98. The van der Waals surface area contributed by atoms with E-state index in [2.05, 4.69) is 10.3 Å². The zero-order chi connectivity index (χ0) is 14.8. The van der Waals surface area contributed by atoms with Crippen LogP contribution in [0.2, 0.25) is 0 Å². The normalized spacial score (nSPS) is 22.0. The molecule has 0 aromatic carbocycles. The molecule has 0 saturated carbocycles. The van der Waals surface area contributed by atoms with E-state index in [0.29, 0.717) is 5.75 Å². The maximum atomic E-state index is 12.3. The van der Waals surface area contributed by atoms with Gasteiger partial charge in [-0.1, -0.05) is 0 Å². The van der Waals surface area contributed by atoms with Crippen molar-refractivity contribution in [2.24, 2.45) is 0 Å². The first-order valence-corrected chi connectivity index (χ1v) is 6.85. The number of carbonyl (C=O) groups is 1. The molecule has 0 bridgehead atoms. The number of hydrogen-bond acceptors (Lipinski definition) is 5.